The Bertz CT molecular complexity index is 1040. The van der Waals surface area contributed by atoms with E-state index in [1.165, 1.54) is 11.3 Å². The lowest BCUT2D eigenvalue weighted by atomic mass is 9.94. The Labute approximate surface area is 202 Å². The molecule has 2 aromatic carbocycles. The van der Waals surface area contributed by atoms with Crippen molar-refractivity contribution in [3.63, 3.8) is 0 Å². The molecule has 1 unspecified atom stereocenters. The van der Waals surface area contributed by atoms with E-state index in [0.717, 1.165) is 49.5 Å². The van der Waals surface area contributed by atoms with E-state index in [0.29, 0.717) is 0 Å². The van der Waals surface area contributed by atoms with Crippen molar-refractivity contribution in [1.29, 1.82) is 0 Å². The Kier molecular flexibility index (Phi) is 7.80. The standard InChI is InChI=1S/C28H34N4O2/c1-31(2)24-11-7-21(8-12-24)20-32-18-15-23(16-19-32)28(33)30-27(26-6-4-5-17-29-26)22-9-13-25(34-3)14-10-22/h4-14,17,23,27H,15-16,18-20H2,1-3H3,(H,30,33). The molecular formula is C28H34N4O2. The third kappa shape index (κ3) is 5.94. The van der Waals surface area contributed by atoms with Gasteiger partial charge in [-0.15, -0.1) is 0 Å². The number of piperidine rings is 1. The second kappa shape index (κ2) is 11.2. The molecule has 4 rings (SSSR count). The Morgan fingerprint density at radius 1 is 1.06 bits per heavy atom. The number of aromatic nitrogens is 1. The van der Waals surface area contributed by atoms with Gasteiger partial charge in [0.2, 0.25) is 5.91 Å². The molecule has 6 heteroatoms. The van der Waals surface area contributed by atoms with Crippen molar-refractivity contribution in [2.24, 2.45) is 5.92 Å². The monoisotopic (exact) mass is 458 g/mol. The average Bonchev–Trinajstić information content (AvgIpc) is 2.88. The molecule has 1 fully saturated rings. The number of rotatable bonds is 8. The molecule has 34 heavy (non-hydrogen) atoms. The predicted molar refractivity (Wildman–Crippen MR) is 136 cm³/mol. The fourth-order valence-corrected chi connectivity index (χ4v) is 4.44. The zero-order valence-electron chi connectivity index (χ0n) is 20.3. The quantitative estimate of drug-likeness (QED) is 0.546. The zero-order valence-corrected chi connectivity index (χ0v) is 20.3. The van der Waals surface area contributed by atoms with Crippen LogP contribution in [0.15, 0.2) is 72.9 Å². The van der Waals surface area contributed by atoms with Gasteiger partial charge in [0.1, 0.15) is 5.75 Å². The number of methoxy groups -OCH3 is 1. The molecule has 1 amide bonds. The fraction of sp³-hybridized carbons (Fsp3) is 0.357. The summed E-state index contributed by atoms with van der Waals surface area (Å²) in [5, 5.41) is 3.27. The number of benzene rings is 2. The number of likely N-dealkylation sites (tertiary alicyclic amines) is 1. The minimum Gasteiger partial charge on any atom is -0.497 e. The molecule has 0 aliphatic carbocycles. The smallest absolute Gasteiger partial charge is 0.224 e. The summed E-state index contributed by atoms with van der Waals surface area (Å²) in [6.45, 7) is 2.76. The second-order valence-corrected chi connectivity index (χ2v) is 9.08. The van der Waals surface area contributed by atoms with Crippen LogP contribution in [0.2, 0.25) is 0 Å². The number of amides is 1. The Hall–Kier alpha value is -3.38. The minimum atomic E-state index is -0.284. The highest BCUT2D eigenvalue weighted by Crippen LogP contribution is 2.26. The lowest BCUT2D eigenvalue weighted by Gasteiger charge is -2.32. The van der Waals surface area contributed by atoms with Crippen molar-refractivity contribution >= 4 is 11.6 Å². The molecule has 0 saturated carbocycles. The lowest BCUT2D eigenvalue weighted by molar-refractivity contribution is -0.127. The van der Waals surface area contributed by atoms with Crippen molar-refractivity contribution in [2.75, 3.05) is 39.2 Å². The Balaban J connectivity index is 1.37. The maximum Gasteiger partial charge on any atom is 0.224 e. The van der Waals surface area contributed by atoms with Crippen LogP contribution in [0.4, 0.5) is 5.69 Å². The van der Waals surface area contributed by atoms with Crippen LogP contribution in [0, 0.1) is 5.92 Å². The highest BCUT2D eigenvalue weighted by molar-refractivity contribution is 5.79. The van der Waals surface area contributed by atoms with Crippen LogP contribution in [0.1, 0.15) is 35.7 Å². The molecule has 1 aromatic heterocycles. The topological polar surface area (TPSA) is 57.7 Å². The summed E-state index contributed by atoms with van der Waals surface area (Å²) in [7, 11) is 5.76. The fourth-order valence-electron chi connectivity index (χ4n) is 4.44. The largest absolute Gasteiger partial charge is 0.497 e. The van der Waals surface area contributed by atoms with Crippen molar-refractivity contribution in [3.8, 4) is 5.75 Å². The van der Waals surface area contributed by atoms with Crippen LogP contribution < -0.4 is 15.0 Å². The molecule has 1 saturated heterocycles. The van der Waals surface area contributed by atoms with Crippen molar-refractivity contribution in [2.45, 2.75) is 25.4 Å². The van der Waals surface area contributed by atoms with E-state index in [4.69, 9.17) is 4.74 Å². The molecular weight excluding hydrogens is 424 g/mol. The summed E-state index contributed by atoms with van der Waals surface area (Å²) < 4.78 is 5.29. The number of pyridine rings is 1. The molecule has 6 nitrogen and oxygen atoms in total. The number of nitrogens with one attached hydrogen (secondary N) is 1. The first kappa shape index (κ1) is 23.8. The molecule has 178 valence electrons. The van der Waals surface area contributed by atoms with Crippen LogP contribution in [-0.2, 0) is 11.3 Å². The molecule has 3 aromatic rings. The molecule has 1 atom stereocenters. The van der Waals surface area contributed by atoms with Gasteiger partial charge in [0.25, 0.3) is 0 Å². The predicted octanol–water partition coefficient (Wildman–Crippen LogP) is 4.27. The number of nitrogens with zero attached hydrogens (tertiary/aromatic N) is 3. The summed E-state index contributed by atoms with van der Waals surface area (Å²) in [4.78, 5) is 22.3. The van der Waals surface area contributed by atoms with E-state index in [2.05, 4.69) is 58.5 Å². The van der Waals surface area contributed by atoms with Crippen LogP contribution in [0.25, 0.3) is 0 Å². The molecule has 0 spiro atoms. The zero-order chi connectivity index (χ0) is 23.9. The number of hydrogen-bond acceptors (Lipinski definition) is 5. The number of carbonyl (C=O) groups excluding carboxylic acids is 1. The maximum atomic E-state index is 13.3. The summed E-state index contributed by atoms with van der Waals surface area (Å²) in [6, 6.07) is 22.0. The van der Waals surface area contributed by atoms with Gasteiger partial charge in [-0.1, -0.05) is 30.3 Å². The first-order valence-corrected chi connectivity index (χ1v) is 11.9. The van der Waals surface area contributed by atoms with Crippen molar-refractivity contribution < 1.29 is 9.53 Å². The van der Waals surface area contributed by atoms with Gasteiger partial charge in [0.05, 0.1) is 18.8 Å². The van der Waals surface area contributed by atoms with Crippen molar-refractivity contribution in [3.05, 3.63) is 89.7 Å². The summed E-state index contributed by atoms with van der Waals surface area (Å²) in [5.41, 5.74) is 4.34. The molecule has 0 bridgehead atoms. The molecule has 1 N–H and O–H groups in total. The minimum absolute atomic E-state index is 0.0110. The first-order valence-electron chi connectivity index (χ1n) is 11.9. The van der Waals surface area contributed by atoms with E-state index in [9.17, 15) is 4.79 Å². The van der Waals surface area contributed by atoms with Gasteiger partial charge in [0, 0.05) is 38.4 Å². The van der Waals surface area contributed by atoms with E-state index in [1.54, 1.807) is 13.3 Å². The highest BCUT2D eigenvalue weighted by Gasteiger charge is 2.28. The third-order valence-electron chi connectivity index (χ3n) is 6.54. The number of ether oxygens (including phenoxy) is 1. The van der Waals surface area contributed by atoms with Crippen LogP contribution in [0.3, 0.4) is 0 Å². The average molecular weight is 459 g/mol. The van der Waals surface area contributed by atoms with Gasteiger partial charge in [-0.25, -0.2) is 0 Å². The Morgan fingerprint density at radius 2 is 1.76 bits per heavy atom. The molecule has 2 heterocycles. The van der Waals surface area contributed by atoms with E-state index >= 15 is 0 Å². The van der Waals surface area contributed by atoms with Gasteiger partial charge in [0.15, 0.2) is 0 Å². The molecule has 1 aliphatic heterocycles. The van der Waals surface area contributed by atoms with E-state index < -0.39 is 0 Å². The van der Waals surface area contributed by atoms with Gasteiger partial charge < -0.3 is 15.0 Å². The van der Waals surface area contributed by atoms with E-state index in [1.807, 2.05) is 42.5 Å². The van der Waals surface area contributed by atoms with Gasteiger partial charge >= 0.3 is 0 Å². The van der Waals surface area contributed by atoms with Crippen LogP contribution in [0.5, 0.6) is 5.75 Å². The Morgan fingerprint density at radius 3 is 2.35 bits per heavy atom. The maximum absolute atomic E-state index is 13.3. The summed E-state index contributed by atoms with van der Waals surface area (Å²) >= 11 is 0. The SMILES string of the molecule is COc1ccc(C(NC(=O)C2CCN(Cc3ccc(N(C)C)cc3)CC2)c2ccccn2)cc1. The number of anilines is 1. The van der Waals surface area contributed by atoms with Gasteiger partial charge in [-0.3, -0.25) is 14.7 Å². The van der Waals surface area contributed by atoms with Crippen LogP contribution in [-0.4, -0.2) is 50.1 Å². The van der Waals surface area contributed by atoms with Crippen LogP contribution >= 0.6 is 0 Å². The summed E-state index contributed by atoms with van der Waals surface area (Å²) in [5.74, 6) is 0.900. The van der Waals surface area contributed by atoms with Gasteiger partial charge in [-0.05, 0) is 73.5 Å². The number of carbonyl (C=O) groups is 1. The van der Waals surface area contributed by atoms with E-state index in [-0.39, 0.29) is 17.9 Å². The summed E-state index contributed by atoms with van der Waals surface area (Å²) in [6.07, 6.45) is 3.49. The second-order valence-electron chi connectivity index (χ2n) is 9.08. The lowest BCUT2D eigenvalue weighted by Crippen LogP contribution is -2.41. The molecule has 1 aliphatic rings. The van der Waals surface area contributed by atoms with Crippen molar-refractivity contribution in [1.82, 2.24) is 15.2 Å². The van der Waals surface area contributed by atoms with Gasteiger partial charge in [-0.2, -0.15) is 0 Å². The molecule has 0 radical (unpaired) electrons. The number of hydrogen-bond donors (Lipinski definition) is 1. The third-order valence-corrected chi connectivity index (χ3v) is 6.54. The highest BCUT2D eigenvalue weighted by atomic mass is 16.5. The normalized spacial score (nSPS) is 15.5. The first-order chi connectivity index (χ1) is 16.5.